The van der Waals surface area contributed by atoms with Gasteiger partial charge in [0.05, 0.1) is 0 Å². The molecule has 0 N–H and O–H groups in total. The largest absolute Gasteiger partial charge is 0.484 e. The van der Waals surface area contributed by atoms with Crippen LogP contribution in [-0.4, -0.2) is 0 Å². The van der Waals surface area contributed by atoms with Crippen LogP contribution in [0.3, 0.4) is 0 Å². The third-order valence-electron chi connectivity index (χ3n) is 11.2. The molecule has 2 unspecified atom stereocenters. The summed E-state index contributed by atoms with van der Waals surface area (Å²) in [5.41, 5.74) is 14.2. The molecule has 0 saturated carbocycles. The summed E-state index contributed by atoms with van der Waals surface area (Å²) >= 11 is 1.85. The fraction of sp³-hybridized carbons (Fsp3) is 0.0385. The highest BCUT2D eigenvalue weighted by Crippen LogP contribution is 2.55. The lowest BCUT2D eigenvalue weighted by Crippen LogP contribution is -2.16. The summed E-state index contributed by atoms with van der Waals surface area (Å²) in [6, 6.07) is 70.2. The summed E-state index contributed by atoms with van der Waals surface area (Å²) in [5, 5.41) is 2.60. The molecule has 260 valence electrons. The second-order valence-electron chi connectivity index (χ2n) is 14.4. The summed E-state index contributed by atoms with van der Waals surface area (Å²) in [6.45, 7) is 0. The van der Waals surface area contributed by atoms with Crippen molar-refractivity contribution in [1.82, 2.24) is 0 Å². The number of nitrogens with zero attached hydrogens (tertiary/aromatic N) is 1. The smallest absolute Gasteiger partial charge is 0.135 e. The van der Waals surface area contributed by atoms with E-state index in [1.54, 1.807) is 0 Å². The lowest BCUT2D eigenvalue weighted by molar-refractivity contribution is 0.224. The van der Waals surface area contributed by atoms with Gasteiger partial charge in [-0.1, -0.05) is 146 Å². The predicted molar refractivity (Wildman–Crippen MR) is 231 cm³/mol. The summed E-state index contributed by atoms with van der Waals surface area (Å²) < 4.78 is 9.62. The van der Waals surface area contributed by atoms with Gasteiger partial charge in [0.1, 0.15) is 11.9 Å². The second kappa shape index (κ2) is 13.0. The van der Waals surface area contributed by atoms with Crippen molar-refractivity contribution >= 4 is 54.1 Å². The normalized spacial score (nSPS) is 15.5. The number of hydrogen-bond donors (Lipinski definition) is 0. The molecule has 8 aromatic carbocycles. The number of para-hydroxylation sites is 2. The summed E-state index contributed by atoms with van der Waals surface area (Å²) in [4.78, 5) is 2.37. The van der Waals surface area contributed by atoms with Gasteiger partial charge in [-0.15, -0.1) is 11.3 Å². The van der Waals surface area contributed by atoms with Crippen LogP contribution in [0.4, 0.5) is 17.1 Å². The Bertz CT molecular complexity index is 2910. The molecule has 0 spiro atoms. The van der Waals surface area contributed by atoms with Crippen molar-refractivity contribution in [1.29, 1.82) is 0 Å². The monoisotopic (exact) mass is 721 g/mol. The Morgan fingerprint density at radius 3 is 1.93 bits per heavy atom. The zero-order chi connectivity index (χ0) is 36.3. The van der Waals surface area contributed by atoms with Gasteiger partial charge in [-0.25, -0.2) is 0 Å². The molecule has 0 bridgehead atoms. The minimum absolute atomic E-state index is 0.0793. The minimum Gasteiger partial charge on any atom is -0.484 e. The lowest BCUT2D eigenvalue weighted by atomic mass is 9.78. The molecule has 1 aliphatic carbocycles. The van der Waals surface area contributed by atoms with Gasteiger partial charge >= 0.3 is 0 Å². The van der Waals surface area contributed by atoms with Crippen molar-refractivity contribution in [3.8, 4) is 28.0 Å². The maximum Gasteiger partial charge on any atom is 0.135 e. The number of fused-ring (bicyclic) bond motifs is 8. The molecule has 55 heavy (non-hydrogen) atoms. The number of ether oxygens (including phenoxy) is 1. The van der Waals surface area contributed by atoms with Gasteiger partial charge in [0.15, 0.2) is 0 Å². The number of anilines is 3. The Balaban J connectivity index is 0.985. The summed E-state index contributed by atoms with van der Waals surface area (Å²) in [7, 11) is 0. The van der Waals surface area contributed by atoms with Crippen LogP contribution < -0.4 is 9.64 Å². The number of thiophene rings is 1. The maximum absolute atomic E-state index is 7.00. The highest BCUT2D eigenvalue weighted by Gasteiger charge is 2.40. The van der Waals surface area contributed by atoms with Gasteiger partial charge in [0, 0.05) is 59.8 Å². The zero-order valence-corrected chi connectivity index (χ0v) is 30.8. The fourth-order valence-electron chi connectivity index (χ4n) is 8.65. The first kappa shape index (κ1) is 31.8. The van der Waals surface area contributed by atoms with Crippen molar-refractivity contribution in [2.45, 2.75) is 12.0 Å². The van der Waals surface area contributed by atoms with Crippen molar-refractivity contribution in [2.75, 3.05) is 4.90 Å². The molecule has 0 fully saturated rings. The SMILES string of the molecule is C1=C(c2ccc(N(c3ccccc3)c3ccc4sc5ccccc5c4c3)cc2)c2ccccc2C2Oc3c(-c4cccc(-c5ccccc5)c4)cccc3C12. The fourth-order valence-corrected chi connectivity index (χ4v) is 9.74. The van der Waals surface area contributed by atoms with E-state index in [0.29, 0.717) is 0 Å². The number of hydrogen-bond acceptors (Lipinski definition) is 3. The van der Waals surface area contributed by atoms with Gasteiger partial charge < -0.3 is 9.64 Å². The predicted octanol–water partition coefficient (Wildman–Crippen LogP) is 14.5. The zero-order valence-electron chi connectivity index (χ0n) is 30.0. The van der Waals surface area contributed by atoms with Crippen LogP contribution in [0.2, 0.25) is 0 Å². The van der Waals surface area contributed by atoms with Crippen LogP contribution in [0.25, 0.3) is 48.0 Å². The van der Waals surface area contributed by atoms with E-state index in [4.69, 9.17) is 4.74 Å². The Labute approximate surface area is 324 Å². The Kier molecular flexibility index (Phi) is 7.53. The first-order valence-corrected chi connectivity index (χ1v) is 19.7. The molecule has 3 heteroatoms. The van der Waals surface area contributed by atoms with Crippen molar-refractivity contribution in [3.05, 3.63) is 222 Å². The molecular weight excluding hydrogens is 687 g/mol. The topological polar surface area (TPSA) is 12.5 Å². The summed E-state index contributed by atoms with van der Waals surface area (Å²) in [6.07, 6.45) is 2.37. The minimum atomic E-state index is -0.0793. The Hall–Kier alpha value is -6.68. The molecule has 9 aromatic rings. The van der Waals surface area contributed by atoms with E-state index in [9.17, 15) is 0 Å². The van der Waals surface area contributed by atoms with Crippen LogP contribution in [-0.2, 0) is 0 Å². The molecule has 1 aromatic heterocycles. The van der Waals surface area contributed by atoms with Crippen molar-refractivity contribution in [2.24, 2.45) is 0 Å². The van der Waals surface area contributed by atoms with E-state index in [-0.39, 0.29) is 12.0 Å². The Morgan fingerprint density at radius 2 is 1.05 bits per heavy atom. The van der Waals surface area contributed by atoms with Gasteiger partial charge in [0.25, 0.3) is 0 Å². The standard InChI is InChI=1S/C52H35NOS/c1-3-13-34(14-4-1)36-15-11-16-37(31-36)41-22-12-23-45-48-33-46(42-19-7-8-21-44(42)52(48)54-51(41)45)35-25-27-39(28-26-35)53(38-17-5-2-6-18-38)40-29-30-50-47(32-40)43-20-9-10-24-49(43)55-50/h1-33,48,52H. The van der Waals surface area contributed by atoms with E-state index >= 15 is 0 Å². The summed E-state index contributed by atoms with van der Waals surface area (Å²) in [5.74, 6) is 1.09. The molecule has 2 heterocycles. The molecular formula is C52H35NOS. The average molecular weight is 722 g/mol. The van der Waals surface area contributed by atoms with Gasteiger partial charge in [-0.3, -0.25) is 0 Å². The molecule has 0 radical (unpaired) electrons. The van der Waals surface area contributed by atoms with Gasteiger partial charge in [-0.2, -0.15) is 0 Å². The number of benzene rings is 8. The van der Waals surface area contributed by atoms with Crippen molar-refractivity contribution < 1.29 is 4.74 Å². The first-order valence-electron chi connectivity index (χ1n) is 18.9. The highest BCUT2D eigenvalue weighted by atomic mass is 32.1. The van der Waals surface area contributed by atoms with E-state index in [0.717, 1.165) is 28.4 Å². The van der Waals surface area contributed by atoms with Gasteiger partial charge in [0.2, 0.25) is 0 Å². The average Bonchev–Trinajstić information content (AvgIpc) is 3.83. The second-order valence-corrected chi connectivity index (χ2v) is 15.5. The van der Waals surface area contributed by atoms with Crippen LogP contribution in [0.1, 0.15) is 34.3 Å². The molecule has 1 aliphatic heterocycles. The quantitative estimate of drug-likeness (QED) is 0.169. The van der Waals surface area contributed by atoms with E-state index in [2.05, 4.69) is 205 Å². The maximum atomic E-state index is 7.00. The molecule has 2 aliphatic rings. The van der Waals surface area contributed by atoms with E-state index in [1.165, 1.54) is 64.7 Å². The molecule has 0 saturated heterocycles. The van der Waals surface area contributed by atoms with Crippen LogP contribution >= 0.6 is 11.3 Å². The molecule has 11 rings (SSSR count). The van der Waals surface area contributed by atoms with Crippen LogP contribution in [0.5, 0.6) is 5.75 Å². The third kappa shape index (κ3) is 5.39. The third-order valence-corrected chi connectivity index (χ3v) is 12.4. The van der Waals surface area contributed by atoms with Gasteiger partial charge in [-0.05, 0) is 88.0 Å². The molecule has 2 atom stereocenters. The van der Waals surface area contributed by atoms with Crippen molar-refractivity contribution in [3.63, 3.8) is 0 Å². The molecule has 2 nitrogen and oxygen atoms in total. The Morgan fingerprint density at radius 1 is 0.418 bits per heavy atom. The van der Waals surface area contributed by atoms with Crippen LogP contribution in [0, 0.1) is 0 Å². The van der Waals surface area contributed by atoms with E-state index in [1.807, 2.05) is 11.3 Å². The van der Waals surface area contributed by atoms with Crippen LogP contribution in [0.15, 0.2) is 200 Å². The molecule has 0 amide bonds. The number of rotatable bonds is 6. The lowest BCUT2D eigenvalue weighted by Gasteiger charge is -2.28. The first-order chi connectivity index (χ1) is 27.3. The highest BCUT2D eigenvalue weighted by molar-refractivity contribution is 7.25. The van der Waals surface area contributed by atoms with E-state index < -0.39 is 0 Å².